The third-order valence-electron chi connectivity index (χ3n) is 5.33. The molecule has 8 aromatic carbocycles. The molecular formula is C64H77Na5O17. The van der Waals surface area contributed by atoms with E-state index in [1.165, 1.54) is 0 Å². The molecule has 0 fully saturated rings. The quantitative estimate of drug-likeness (QED) is 0.103. The molecule has 0 aromatic heterocycles. The monoisotopic (exact) mass is 1230 g/mol. The summed E-state index contributed by atoms with van der Waals surface area (Å²) in [5.74, 6) is -7.67. The van der Waals surface area contributed by atoms with Crippen LogP contribution in [-0.4, -0.2) is 73.7 Å². The minimum Gasteiger partial charge on any atom is -0.870 e. The van der Waals surface area contributed by atoms with Crippen LogP contribution in [0.25, 0.3) is 0 Å². The summed E-state index contributed by atoms with van der Waals surface area (Å²) in [5, 5.41) is 65.2. The largest absolute Gasteiger partial charge is 1.00 e. The van der Waals surface area contributed by atoms with Crippen molar-refractivity contribution in [2.24, 2.45) is 0 Å². The molecule has 0 aliphatic rings. The fourth-order valence-corrected chi connectivity index (χ4v) is 3.08. The van der Waals surface area contributed by atoms with Gasteiger partial charge in [-0.3, -0.25) is 19.2 Å². The molecule has 0 amide bonds. The molecule has 440 valence electrons. The van der Waals surface area contributed by atoms with Crippen LogP contribution in [-0.2, 0) is 38.4 Å². The van der Waals surface area contributed by atoms with Crippen molar-refractivity contribution >= 4 is 47.8 Å². The van der Waals surface area contributed by atoms with Crippen LogP contribution in [0.5, 0.6) is 0 Å². The van der Waals surface area contributed by atoms with Crippen molar-refractivity contribution in [3.8, 4) is 0 Å². The number of hydrogen-bond donors (Lipinski definition) is 4. The topological polar surface area (TPSA) is 340 Å². The van der Waals surface area contributed by atoms with Gasteiger partial charge < -0.3 is 65.5 Å². The van der Waals surface area contributed by atoms with Gasteiger partial charge in [-0.1, -0.05) is 291 Å². The third kappa shape index (κ3) is 261. The Bertz CT molecular complexity index is 1670. The van der Waals surface area contributed by atoms with Crippen LogP contribution in [0.3, 0.4) is 0 Å². The second-order valence-electron chi connectivity index (χ2n) is 13.3. The summed E-state index contributed by atoms with van der Waals surface area (Å²) in [7, 11) is 0. The van der Waals surface area contributed by atoms with Crippen molar-refractivity contribution in [3.63, 3.8) is 0 Å². The molecular weight excluding hydrogens is 1160 g/mol. The first-order valence-corrected chi connectivity index (χ1v) is 23.3. The van der Waals surface area contributed by atoms with E-state index in [-0.39, 0.29) is 153 Å². The number of carbonyl (C=O) groups excluding carboxylic acids is 4. The van der Waals surface area contributed by atoms with Crippen LogP contribution in [0.4, 0.5) is 0 Å². The van der Waals surface area contributed by atoms with Crippen molar-refractivity contribution in [1.82, 2.24) is 0 Å². The maximum absolute atomic E-state index is 9.00. The number of aliphatic carboxylic acids is 8. The number of carboxylic acid groups (broad SMARTS) is 8. The number of carboxylic acids is 8. The molecule has 86 heavy (non-hydrogen) atoms. The average molecular weight is 1230 g/mol. The van der Waals surface area contributed by atoms with E-state index in [0.717, 1.165) is 55.4 Å². The van der Waals surface area contributed by atoms with Crippen molar-refractivity contribution in [2.45, 2.75) is 55.4 Å². The summed E-state index contributed by atoms with van der Waals surface area (Å²) in [6.45, 7) is 8.22. The van der Waals surface area contributed by atoms with Crippen LogP contribution >= 0.6 is 0 Å². The number of rotatable bonds is 0. The molecule has 0 saturated carbocycles. The standard InChI is InChI=1S/8C6H6.8C2H4O2.5Na.H2O/c8*1-2-4-6-5-3-1;8*1-2(3)4;;;;;;/h8*1-6H;8*1H3,(H,3,4);;;;;;1H2/q;;;;;;;;;;;;;;;;5*+1;/p-5. The Kier molecular flexibility index (Phi) is 148. The molecule has 8 aromatic rings. The van der Waals surface area contributed by atoms with Crippen LogP contribution in [0, 0.1) is 0 Å². The molecule has 0 unspecified atom stereocenters. The van der Waals surface area contributed by atoms with E-state index < -0.39 is 47.8 Å². The van der Waals surface area contributed by atoms with E-state index in [9.17, 15) is 0 Å². The average Bonchev–Trinajstić information content (AvgIpc) is 3.43. The number of carbonyl (C=O) groups is 8. The minimum absolute atomic E-state index is 0. The van der Waals surface area contributed by atoms with E-state index >= 15 is 0 Å². The molecule has 0 aliphatic heterocycles. The first kappa shape index (κ1) is 115. The van der Waals surface area contributed by atoms with E-state index in [1.807, 2.05) is 291 Å². The molecule has 0 heterocycles. The van der Waals surface area contributed by atoms with Crippen molar-refractivity contribution < 1.29 is 232 Å². The fraction of sp³-hybridized carbons (Fsp3) is 0.125. The van der Waals surface area contributed by atoms with Gasteiger partial charge in [-0.05, 0) is 27.7 Å². The zero-order chi connectivity index (χ0) is 62.6. The van der Waals surface area contributed by atoms with Crippen molar-refractivity contribution in [2.75, 3.05) is 0 Å². The summed E-state index contributed by atoms with van der Waals surface area (Å²) in [6, 6.07) is 96.0. The van der Waals surface area contributed by atoms with Gasteiger partial charge in [0.05, 0.1) is 0 Å². The fourth-order valence-electron chi connectivity index (χ4n) is 3.08. The Labute approximate surface area is 619 Å². The smallest absolute Gasteiger partial charge is 0.870 e. The Morgan fingerprint density at radius 1 is 0.174 bits per heavy atom. The molecule has 22 heteroatoms. The van der Waals surface area contributed by atoms with Crippen molar-refractivity contribution in [1.29, 1.82) is 0 Å². The van der Waals surface area contributed by atoms with Crippen LogP contribution < -0.4 is 168 Å². The number of benzene rings is 8. The van der Waals surface area contributed by atoms with Crippen LogP contribution in [0.2, 0.25) is 0 Å². The van der Waals surface area contributed by atoms with Crippen LogP contribution in [0.1, 0.15) is 55.4 Å². The first-order chi connectivity index (χ1) is 37.9. The van der Waals surface area contributed by atoms with E-state index in [4.69, 9.17) is 79.2 Å². The van der Waals surface area contributed by atoms with E-state index in [1.54, 1.807) is 0 Å². The van der Waals surface area contributed by atoms with Gasteiger partial charge in [0.2, 0.25) is 0 Å². The number of hydrogen-bond acceptors (Lipinski definition) is 13. The molecule has 0 atom stereocenters. The normalized spacial score (nSPS) is 6.79. The summed E-state index contributed by atoms with van der Waals surface area (Å²) in [5.41, 5.74) is 0. The Hall–Kier alpha value is -5.52. The van der Waals surface area contributed by atoms with Gasteiger partial charge in [0.25, 0.3) is 23.9 Å². The van der Waals surface area contributed by atoms with Crippen molar-refractivity contribution in [3.05, 3.63) is 291 Å². The predicted molar refractivity (Wildman–Crippen MR) is 309 cm³/mol. The third-order valence-corrected chi connectivity index (χ3v) is 5.33. The second kappa shape index (κ2) is 111. The van der Waals surface area contributed by atoms with Gasteiger partial charge in [0.1, 0.15) is 0 Å². The Balaban J connectivity index is -0.0000000536. The zero-order valence-electron chi connectivity index (χ0n) is 51.8. The molecule has 0 radical (unpaired) electrons. The maximum atomic E-state index is 9.00. The second-order valence-corrected chi connectivity index (χ2v) is 13.3. The Morgan fingerprint density at radius 3 is 0.198 bits per heavy atom. The molecule has 0 spiro atoms. The summed E-state index contributed by atoms with van der Waals surface area (Å²) in [4.78, 5) is 71.6. The van der Waals surface area contributed by atoms with Gasteiger partial charge in [-0.2, -0.15) is 0 Å². The molecule has 0 saturated heterocycles. The SMILES string of the molecule is CC(=O)O.CC(=O)O.CC(=O)O.CC(=O)O.CC(=O)[O-].CC(=O)[O-].CC(=O)[O-].CC(=O)[O-].[Na+].[Na+].[Na+].[Na+].[Na+].[OH-].c1ccccc1.c1ccccc1.c1ccccc1.c1ccccc1.c1ccccc1.c1ccccc1.c1ccccc1.c1ccccc1. The van der Waals surface area contributed by atoms with Gasteiger partial charge in [-0.15, -0.1) is 0 Å². The predicted octanol–water partition coefficient (Wildman–Crippen LogP) is -6.28. The molecule has 5 N–H and O–H groups in total. The van der Waals surface area contributed by atoms with Gasteiger partial charge in [0.15, 0.2) is 0 Å². The van der Waals surface area contributed by atoms with E-state index in [2.05, 4.69) is 0 Å². The molecule has 17 nitrogen and oxygen atoms in total. The van der Waals surface area contributed by atoms with Gasteiger partial charge in [0, 0.05) is 51.6 Å². The minimum atomic E-state index is -1.08. The first-order valence-electron chi connectivity index (χ1n) is 23.3. The maximum Gasteiger partial charge on any atom is 1.00 e. The summed E-state index contributed by atoms with van der Waals surface area (Å²) in [6.07, 6.45) is 0. The summed E-state index contributed by atoms with van der Waals surface area (Å²) < 4.78 is 0. The Morgan fingerprint density at radius 2 is 0.186 bits per heavy atom. The van der Waals surface area contributed by atoms with Gasteiger partial charge in [-0.25, -0.2) is 0 Å². The van der Waals surface area contributed by atoms with Gasteiger partial charge >= 0.3 is 148 Å². The molecule has 0 bridgehead atoms. The van der Waals surface area contributed by atoms with Crippen LogP contribution in [0.15, 0.2) is 291 Å². The molecule has 0 aliphatic carbocycles. The zero-order valence-corrected chi connectivity index (χ0v) is 61.8. The van der Waals surface area contributed by atoms with E-state index in [0.29, 0.717) is 0 Å². The molecule has 8 rings (SSSR count). The summed E-state index contributed by atoms with van der Waals surface area (Å²) >= 11 is 0.